The fourth-order valence-electron chi connectivity index (χ4n) is 1.74. The molecule has 0 spiro atoms. The van der Waals surface area contributed by atoms with Crippen LogP contribution in [0.1, 0.15) is 20.8 Å². The van der Waals surface area contributed by atoms with Crippen molar-refractivity contribution in [2.75, 3.05) is 26.3 Å². The third kappa shape index (κ3) is 5.99. The van der Waals surface area contributed by atoms with Gasteiger partial charge in [0.15, 0.2) is 0 Å². The van der Waals surface area contributed by atoms with E-state index in [4.69, 9.17) is 9.47 Å². The first-order valence-electron chi connectivity index (χ1n) is 6.66. The smallest absolute Gasteiger partial charge is 0.269 e. The van der Waals surface area contributed by atoms with Crippen molar-refractivity contribution in [2.45, 2.75) is 26.4 Å². The number of non-ortho nitro benzene ring substituents is 1. The van der Waals surface area contributed by atoms with E-state index in [0.29, 0.717) is 25.5 Å². The second kappa shape index (κ2) is 7.81. The Bertz CT molecular complexity index is 418. The second-order valence-corrected chi connectivity index (χ2v) is 4.97. The molecule has 0 radical (unpaired) electrons. The van der Waals surface area contributed by atoms with E-state index in [1.807, 2.05) is 20.8 Å². The van der Waals surface area contributed by atoms with Gasteiger partial charge in [0.25, 0.3) is 5.69 Å². The Morgan fingerprint density at radius 2 is 1.95 bits per heavy atom. The van der Waals surface area contributed by atoms with Crippen LogP contribution >= 0.6 is 0 Å². The highest BCUT2D eigenvalue weighted by atomic mass is 16.6. The molecule has 0 heterocycles. The van der Waals surface area contributed by atoms with Crippen LogP contribution in [0.2, 0.25) is 0 Å². The number of nitro benzene ring substituents is 1. The summed E-state index contributed by atoms with van der Waals surface area (Å²) in [5, 5.41) is 13.8. The van der Waals surface area contributed by atoms with Crippen LogP contribution < -0.4 is 10.1 Å². The lowest BCUT2D eigenvalue weighted by Gasteiger charge is -2.24. The van der Waals surface area contributed by atoms with E-state index in [0.717, 1.165) is 6.54 Å². The summed E-state index contributed by atoms with van der Waals surface area (Å²) in [6.07, 6.45) is 0. The van der Waals surface area contributed by atoms with E-state index in [9.17, 15) is 10.1 Å². The van der Waals surface area contributed by atoms with Gasteiger partial charge in [0, 0.05) is 31.8 Å². The van der Waals surface area contributed by atoms with E-state index in [1.54, 1.807) is 12.1 Å². The van der Waals surface area contributed by atoms with Gasteiger partial charge in [0.1, 0.15) is 12.4 Å². The lowest BCUT2D eigenvalue weighted by molar-refractivity contribution is -0.384. The zero-order valence-electron chi connectivity index (χ0n) is 12.2. The first-order valence-corrected chi connectivity index (χ1v) is 6.66. The van der Waals surface area contributed by atoms with Crippen molar-refractivity contribution >= 4 is 5.69 Å². The Balaban J connectivity index is 2.23. The van der Waals surface area contributed by atoms with Crippen LogP contribution in [0.5, 0.6) is 5.75 Å². The van der Waals surface area contributed by atoms with Crippen molar-refractivity contribution in [2.24, 2.45) is 0 Å². The minimum absolute atomic E-state index is 0.0638. The van der Waals surface area contributed by atoms with Crippen molar-refractivity contribution in [1.82, 2.24) is 5.32 Å². The summed E-state index contributed by atoms with van der Waals surface area (Å²) < 4.78 is 11.1. The Morgan fingerprint density at radius 3 is 2.50 bits per heavy atom. The number of ether oxygens (including phenoxy) is 2. The first kappa shape index (κ1) is 16.4. The van der Waals surface area contributed by atoms with Gasteiger partial charge in [0.05, 0.1) is 10.5 Å². The third-order valence-corrected chi connectivity index (χ3v) is 2.68. The summed E-state index contributed by atoms with van der Waals surface area (Å²) in [7, 11) is 0. The van der Waals surface area contributed by atoms with E-state index in [-0.39, 0.29) is 11.3 Å². The average molecular weight is 282 g/mol. The number of nitrogens with zero attached hydrogens (tertiary/aromatic N) is 1. The fourth-order valence-corrected chi connectivity index (χ4v) is 1.74. The van der Waals surface area contributed by atoms with Gasteiger partial charge in [-0.2, -0.15) is 0 Å². The largest absolute Gasteiger partial charge is 0.492 e. The summed E-state index contributed by atoms with van der Waals surface area (Å²) in [5.74, 6) is 0.626. The zero-order chi connectivity index (χ0) is 15.0. The predicted octanol–water partition coefficient (Wildman–Crippen LogP) is 2.38. The van der Waals surface area contributed by atoms with Crippen molar-refractivity contribution in [1.29, 1.82) is 0 Å². The highest BCUT2D eigenvalue weighted by Gasteiger charge is 2.16. The Morgan fingerprint density at radius 1 is 1.30 bits per heavy atom. The number of benzene rings is 1. The van der Waals surface area contributed by atoms with E-state index >= 15 is 0 Å². The van der Waals surface area contributed by atoms with E-state index in [2.05, 4.69) is 5.32 Å². The maximum atomic E-state index is 10.5. The molecule has 20 heavy (non-hydrogen) atoms. The molecule has 1 N–H and O–H groups in total. The zero-order valence-corrected chi connectivity index (χ0v) is 12.2. The molecular weight excluding hydrogens is 260 g/mol. The summed E-state index contributed by atoms with van der Waals surface area (Å²) in [4.78, 5) is 10.1. The van der Waals surface area contributed by atoms with Gasteiger partial charge >= 0.3 is 0 Å². The lowest BCUT2D eigenvalue weighted by atomic mass is 10.1. The molecule has 6 nitrogen and oxygen atoms in total. The quantitative estimate of drug-likeness (QED) is 0.427. The van der Waals surface area contributed by atoms with Gasteiger partial charge in [-0.1, -0.05) is 0 Å². The number of hydrogen-bond acceptors (Lipinski definition) is 5. The van der Waals surface area contributed by atoms with Crippen LogP contribution in [0.3, 0.4) is 0 Å². The molecular formula is C14H22N2O4. The maximum absolute atomic E-state index is 10.5. The van der Waals surface area contributed by atoms with Gasteiger partial charge in [-0.15, -0.1) is 0 Å². The minimum atomic E-state index is -0.429. The molecule has 0 aliphatic heterocycles. The molecule has 1 rings (SSSR count). The third-order valence-electron chi connectivity index (χ3n) is 2.68. The average Bonchev–Trinajstić information content (AvgIpc) is 2.38. The molecule has 0 bridgehead atoms. The topological polar surface area (TPSA) is 73.6 Å². The van der Waals surface area contributed by atoms with Crippen molar-refractivity contribution in [3.8, 4) is 5.75 Å². The molecule has 0 fully saturated rings. The molecule has 1 aromatic rings. The fraction of sp³-hybridized carbons (Fsp3) is 0.571. The highest BCUT2D eigenvalue weighted by molar-refractivity contribution is 5.35. The molecule has 0 aliphatic carbocycles. The summed E-state index contributed by atoms with van der Waals surface area (Å²) in [6, 6.07) is 6.06. The molecule has 112 valence electrons. The van der Waals surface area contributed by atoms with Crippen molar-refractivity contribution in [3.63, 3.8) is 0 Å². The monoisotopic (exact) mass is 282 g/mol. The van der Waals surface area contributed by atoms with Crippen LogP contribution in [-0.4, -0.2) is 36.8 Å². The van der Waals surface area contributed by atoms with Crippen LogP contribution in [0.15, 0.2) is 24.3 Å². The molecule has 1 aromatic carbocycles. The SMILES string of the molecule is CCOC(C)(C)CNCCOc1ccc([N+](=O)[O-])cc1. The summed E-state index contributed by atoms with van der Waals surface area (Å²) in [6.45, 7) is 8.65. The number of nitro groups is 1. The molecule has 0 atom stereocenters. The van der Waals surface area contributed by atoms with Crippen molar-refractivity contribution < 1.29 is 14.4 Å². The van der Waals surface area contributed by atoms with Gasteiger partial charge in [-0.25, -0.2) is 0 Å². The molecule has 0 saturated heterocycles. The van der Waals surface area contributed by atoms with E-state index in [1.165, 1.54) is 12.1 Å². The summed E-state index contributed by atoms with van der Waals surface area (Å²) in [5.41, 5.74) is -0.129. The van der Waals surface area contributed by atoms with Gasteiger partial charge in [-0.3, -0.25) is 10.1 Å². The molecule has 6 heteroatoms. The van der Waals surface area contributed by atoms with Crippen LogP contribution in [0.25, 0.3) is 0 Å². The molecule has 0 amide bonds. The molecule has 0 aromatic heterocycles. The van der Waals surface area contributed by atoms with Gasteiger partial charge < -0.3 is 14.8 Å². The van der Waals surface area contributed by atoms with Crippen LogP contribution in [0, 0.1) is 10.1 Å². The molecule has 0 aliphatic rings. The number of rotatable bonds is 9. The Labute approximate surface area is 119 Å². The number of hydrogen-bond donors (Lipinski definition) is 1. The predicted molar refractivity (Wildman–Crippen MR) is 77.2 cm³/mol. The highest BCUT2D eigenvalue weighted by Crippen LogP contribution is 2.16. The molecule has 0 saturated carbocycles. The van der Waals surface area contributed by atoms with Gasteiger partial charge in [-0.05, 0) is 32.9 Å². The Hall–Kier alpha value is -1.66. The second-order valence-electron chi connectivity index (χ2n) is 4.97. The minimum Gasteiger partial charge on any atom is -0.492 e. The van der Waals surface area contributed by atoms with Gasteiger partial charge in [0.2, 0.25) is 0 Å². The Kier molecular flexibility index (Phi) is 6.41. The van der Waals surface area contributed by atoms with Crippen molar-refractivity contribution in [3.05, 3.63) is 34.4 Å². The summed E-state index contributed by atoms with van der Waals surface area (Å²) >= 11 is 0. The maximum Gasteiger partial charge on any atom is 0.269 e. The molecule has 0 unspecified atom stereocenters. The normalized spacial score (nSPS) is 11.3. The van der Waals surface area contributed by atoms with Crippen LogP contribution in [-0.2, 0) is 4.74 Å². The van der Waals surface area contributed by atoms with Crippen LogP contribution in [0.4, 0.5) is 5.69 Å². The standard InChI is InChI=1S/C14H22N2O4/c1-4-20-14(2,3)11-15-9-10-19-13-7-5-12(6-8-13)16(17)18/h5-8,15H,4,9-11H2,1-3H3. The first-order chi connectivity index (χ1) is 9.44. The number of nitrogens with one attached hydrogen (secondary N) is 1. The van der Waals surface area contributed by atoms with E-state index < -0.39 is 4.92 Å². The lowest BCUT2D eigenvalue weighted by Crippen LogP contribution is -2.39.